The van der Waals surface area contributed by atoms with E-state index in [2.05, 4.69) is 9.71 Å². The Balaban J connectivity index is 2.38. The molecule has 0 aliphatic heterocycles. The number of nitrogens with one attached hydrogen (secondary N) is 1. The average molecular weight is 295 g/mol. The molecule has 0 atom stereocenters. The van der Waals surface area contributed by atoms with Crippen molar-refractivity contribution in [2.75, 3.05) is 4.72 Å². The van der Waals surface area contributed by atoms with Crippen molar-refractivity contribution >= 4 is 21.6 Å². The maximum Gasteiger partial charge on any atom is 0.261 e. The van der Waals surface area contributed by atoms with Crippen molar-refractivity contribution in [3.8, 4) is 0 Å². The van der Waals surface area contributed by atoms with Crippen LogP contribution in [0.15, 0.2) is 47.6 Å². The number of nitrogens with zero attached hydrogens (tertiary/aromatic N) is 1. The molecule has 0 saturated carbocycles. The lowest BCUT2D eigenvalue weighted by Gasteiger charge is -2.10. The highest BCUT2D eigenvalue weighted by atomic mass is 32.2. The molecule has 0 aliphatic rings. The quantitative estimate of drug-likeness (QED) is 0.882. The molecule has 2 aromatic rings. The van der Waals surface area contributed by atoms with E-state index in [1.165, 1.54) is 18.5 Å². The number of anilines is 1. The molecular weight excluding hydrogens is 285 g/mol. The molecule has 0 unspecified atom stereocenters. The number of nitrogens with two attached hydrogens (primary N) is 1. The fraction of sp³-hybridized carbons (Fsp3) is 0. The number of hydrogen-bond acceptors (Lipinski definition) is 4. The van der Waals surface area contributed by atoms with Gasteiger partial charge in [-0.15, -0.1) is 0 Å². The van der Waals surface area contributed by atoms with E-state index in [9.17, 15) is 17.6 Å². The van der Waals surface area contributed by atoms with Gasteiger partial charge in [0.25, 0.3) is 15.9 Å². The first-order valence-corrected chi connectivity index (χ1v) is 6.90. The number of hydrogen-bond donors (Lipinski definition) is 2. The van der Waals surface area contributed by atoms with E-state index >= 15 is 0 Å². The minimum absolute atomic E-state index is 0.00862. The number of carbonyl (C=O) groups is 1. The number of carbonyl (C=O) groups excluding carboxylic acids is 1. The Bertz CT molecular complexity index is 745. The van der Waals surface area contributed by atoms with Crippen molar-refractivity contribution in [2.45, 2.75) is 4.90 Å². The molecule has 8 heteroatoms. The maximum atomic E-state index is 12.8. The van der Waals surface area contributed by atoms with E-state index in [-0.39, 0.29) is 16.1 Å². The maximum absolute atomic E-state index is 12.8. The van der Waals surface area contributed by atoms with Crippen molar-refractivity contribution in [3.63, 3.8) is 0 Å². The van der Waals surface area contributed by atoms with Crippen LogP contribution in [0.5, 0.6) is 0 Å². The topological polar surface area (TPSA) is 102 Å². The highest BCUT2D eigenvalue weighted by molar-refractivity contribution is 7.92. The molecule has 1 aromatic carbocycles. The van der Waals surface area contributed by atoms with Gasteiger partial charge in [-0.05, 0) is 30.3 Å². The number of pyridine rings is 1. The van der Waals surface area contributed by atoms with Crippen LogP contribution in [0.2, 0.25) is 0 Å². The molecule has 0 fully saturated rings. The Labute approximate surface area is 114 Å². The number of benzene rings is 1. The van der Waals surface area contributed by atoms with E-state index in [1.54, 1.807) is 0 Å². The SMILES string of the molecule is NC(=O)c1ccncc1NS(=O)(=O)c1ccc(F)cc1. The zero-order valence-electron chi connectivity index (χ0n) is 10.1. The fourth-order valence-electron chi connectivity index (χ4n) is 1.51. The van der Waals surface area contributed by atoms with Gasteiger partial charge >= 0.3 is 0 Å². The van der Waals surface area contributed by atoms with Crippen LogP contribution in [0, 0.1) is 5.82 Å². The van der Waals surface area contributed by atoms with Crippen LogP contribution in [0.1, 0.15) is 10.4 Å². The second-order valence-electron chi connectivity index (χ2n) is 3.84. The number of rotatable bonds is 4. The van der Waals surface area contributed by atoms with E-state index in [4.69, 9.17) is 5.73 Å². The van der Waals surface area contributed by atoms with Crippen molar-refractivity contribution in [3.05, 3.63) is 54.1 Å². The number of amides is 1. The predicted octanol–water partition coefficient (Wildman–Crippen LogP) is 1.12. The molecule has 1 amide bonds. The normalized spacial score (nSPS) is 11.1. The fourth-order valence-corrected chi connectivity index (χ4v) is 2.57. The molecule has 104 valence electrons. The summed E-state index contributed by atoms with van der Waals surface area (Å²) in [5, 5.41) is 0. The first kappa shape index (κ1) is 13.9. The number of primary amides is 1. The predicted molar refractivity (Wildman–Crippen MR) is 70.0 cm³/mol. The van der Waals surface area contributed by atoms with E-state index in [1.807, 2.05) is 0 Å². The number of halogens is 1. The summed E-state index contributed by atoms with van der Waals surface area (Å²) in [6.07, 6.45) is 2.48. The second kappa shape index (κ2) is 5.25. The van der Waals surface area contributed by atoms with Crippen molar-refractivity contribution < 1.29 is 17.6 Å². The molecule has 6 nitrogen and oxygen atoms in total. The highest BCUT2D eigenvalue weighted by Crippen LogP contribution is 2.19. The lowest BCUT2D eigenvalue weighted by atomic mass is 10.2. The van der Waals surface area contributed by atoms with Crippen LogP contribution >= 0.6 is 0 Å². The molecule has 0 aliphatic carbocycles. The Morgan fingerprint density at radius 2 is 1.85 bits per heavy atom. The van der Waals surface area contributed by atoms with Crippen LogP contribution in [-0.2, 0) is 10.0 Å². The summed E-state index contributed by atoms with van der Waals surface area (Å²) in [6, 6.07) is 5.56. The van der Waals surface area contributed by atoms with Gasteiger partial charge in [-0.2, -0.15) is 0 Å². The summed E-state index contributed by atoms with van der Waals surface area (Å²) in [5.41, 5.74) is 5.09. The van der Waals surface area contributed by atoms with E-state index in [0.717, 1.165) is 24.3 Å². The van der Waals surface area contributed by atoms with Gasteiger partial charge in [0.2, 0.25) is 0 Å². The third-order valence-corrected chi connectivity index (χ3v) is 3.84. The second-order valence-corrected chi connectivity index (χ2v) is 5.53. The van der Waals surface area contributed by atoms with Crippen LogP contribution in [0.4, 0.5) is 10.1 Å². The summed E-state index contributed by atoms with van der Waals surface area (Å²) in [7, 11) is -3.95. The van der Waals surface area contributed by atoms with E-state index < -0.39 is 21.7 Å². The van der Waals surface area contributed by atoms with Gasteiger partial charge in [0.1, 0.15) is 5.82 Å². The number of sulfonamides is 1. The molecule has 1 heterocycles. The van der Waals surface area contributed by atoms with Gasteiger partial charge in [-0.25, -0.2) is 12.8 Å². The van der Waals surface area contributed by atoms with Gasteiger partial charge in [-0.3, -0.25) is 14.5 Å². The summed E-state index contributed by atoms with van der Waals surface area (Å²) in [5.74, 6) is -1.34. The monoisotopic (exact) mass is 295 g/mol. The van der Waals surface area contributed by atoms with Crippen LogP contribution in [0.3, 0.4) is 0 Å². The molecule has 0 radical (unpaired) electrons. The minimum atomic E-state index is -3.95. The average Bonchev–Trinajstić information content (AvgIpc) is 2.39. The number of aromatic nitrogens is 1. The standard InChI is InChI=1S/C12H10FN3O3S/c13-8-1-3-9(4-2-8)20(18,19)16-11-7-15-6-5-10(11)12(14)17/h1-7,16H,(H2,14,17). The van der Waals surface area contributed by atoms with Crippen molar-refractivity contribution in [1.82, 2.24) is 4.98 Å². The minimum Gasteiger partial charge on any atom is -0.366 e. The first-order chi connectivity index (χ1) is 9.40. The van der Waals surface area contributed by atoms with Crippen LogP contribution in [-0.4, -0.2) is 19.3 Å². The Morgan fingerprint density at radius 1 is 1.20 bits per heavy atom. The van der Waals surface area contributed by atoms with Crippen molar-refractivity contribution in [2.24, 2.45) is 5.73 Å². The van der Waals surface area contributed by atoms with Gasteiger partial charge in [0.05, 0.1) is 22.3 Å². The van der Waals surface area contributed by atoms with Gasteiger partial charge in [0.15, 0.2) is 0 Å². The largest absolute Gasteiger partial charge is 0.366 e. The Morgan fingerprint density at radius 3 is 2.45 bits per heavy atom. The third kappa shape index (κ3) is 2.91. The van der Waals surface area contributed by atoms with E-state index in [0.29, 0.717) is 0 Å². The van der Waals surface area contributed by atoms with Gasteiger partial charge in [0, 0.05) is 6.20 Å². The lowest BCUT2D eigenvalue weighted by molar-refractivity contribution is 0.100. The molecule has 1 aromatic heterocycles. The molecule has 0 spiro atoms. The summed E-state index contributed by atoms with van der Waals surface area (Å²) >= 11 is 0. The Kier molecular flexibility index (Phi) is 3.66. The molecule has 0 bridgehead atoms. The molecular formula is C12H10FN3O3S. The summed E-state index contributed by atoms with van der Waals surface area (Å²) in [4.78, 5) is 14.8. The third-order valence-electron chi connectivity index (χ3n) is 2.45. The molecule has 20 heavy (non-hydrogen) atoms. The first-order valence-electron chi connectivity index (χ1n) is 5.42. The molecule has 3 N–H and O–H groups in total. The van der Waals surface area contributed by atoms with Crippen molar-refractivity contribution in [1.29, 1.82) is 0 Å². The summed E-state index contributed by atoms with van der Waals surface area (Å²) in [6.45, 7) is 0. The Hall–Kier alpha value is -2.48. The van der Waals surface area contributed by atoms with Crippen LogP contribution in [0.25, 0.3) is 0 Å². The molecule has 2 rings (SSSR count). The smallest absolute Gasteiger partial charge is 0.261 e. The lowest BCUT2D eigenvalue weighted by Crippen LogP contribution is -2.18. The summed E-state index contributed by atoms with van der Waals surface area (Å²) < 4.78 is 39.1. The van der Waals surface area contributed by atoms with Gasteiger partial charge < -0.3 is 5.73 Å². The van der Waals surface area contributed by atoms with Crippen LogP contribution < -0.4 is 10.5 Å². The zero-order valence-corrected chi connectivity index (χ0v) is 10.9. The highest BCUT2D eigenvalue weighted by Gasteiger charge is 2.17. The zero-order chi connectivity index (χ0) is 14.8. The van der Waals surface area contributed by atoms with Gasteiger partial charge in [-0.1, -0.05) is 0 Å². The molecule has 0 saturated heterocycles.